The third-order valence-electron chi connectivity index (χ3n) is 2.88. The van der Waals surface area contributed by atoms with Crippen LogP contribution in [0.15, 0.2) is 18.6 Å². The average Bonchev–Trinajstić information content (AvgIpc) is 2.33. The zero-order valence-corrected chi connectivity index (χ0v) is 9.39. The lowest BCUT2D eigenvalue weighted by atomic mass is 10.0. The van der Waals surface area contributed by atoms with Crippen molar-refractivity contribution >= 4 is 5.91 Å². The first-order chi connectivity index (χ1) is 7.81. The molecule has 1 aromatic heterocycles. The maximum atomic E-state index is 12.0. The summed E-state index contributed by atoms with van der Waals surface area (Å²) in [6.07, 6.45) is 5.18. The number of likely N-dealkylation sites (tertiary alicyclic amines) is 1. The van der Waals surface area contributed by atoms with Gasteiger partial charge in [0.05, 0.1) is 18.3 Å². The van der Waals surface area contributed by atoms with Gasteiger partial charge in [0.1, 0.15) is 6.33 Å². The molecule has 0 spiro atoms. The number of hydrogen-bond acceptors (Lipinski definition) is 4. The molecule has 1 saturated heterocycles. The Bertz CT molecular complexity index is 354. The van der Waals surface area contributed by atoms with Crippen molar-refractivity contribution in [1.82, 2.24) is 20.2 Å². The maximum absolute atomic E-state index is 12.0. The van der Waals surface area contributed by atoms with Gasteiger partial charge in [0.25, 0.3) is 0 Å². The topological polar surface area (TPSA) is 58.1 Å². The largest absolute Gasteiger partial charge is 0.335 e. The molecule has 2 rings (SSSR count). The molecule has 0 saturated carbocycles. The minimum atomic E-state index is -0.0319. The summed E-state index contributed by atoms with van der Waals surface area (Å²) in [7, 11) is 1.83. The van der Waals surface area contributed by atoms with E-state index < -0.39 is 0 Å². The molecule has 5 nitrogen and oxygen atoms in total. The van der Waals surface area contributed by atoms with E-state index in [9.17, 15) is 4.79 Å². The predicted octanol–water partition coefficient (Wildman–Crippen LogP) is 0.187. The molecule has 86 valence electrons. The second-order valence-electron chi connectivity index (χ2n) is 3.94. The molecular formula is C11H16N4O. The molecule has 1 aromatic rings. The molecule has 1 atom stereocenters. The monoisotopic (exact) mass is 220 g/mol. The molecular weight excluding hydrogens is 204 g/mol. The Hall–Kier alpha value is -1.49. The highest BCUT2D eigenvalue weighted by Gasteiger charge is 2.27. The van der Waals surface area contributed by atoms with Gasteiger partial charge < -0.3 is 10.2 Å². The van der Waals surface area contributed by atoms with Crippen molar-refractivity contribution in [2.75, 3.05) is 13.6 Å². The van der Waals surface area contributed by atoms with Crippen LogP contribution in [0.5, 0.6) is 0 Å². The van der Waals surface area contributed by atoms with Crippen LogP contribution >= 0.6 is 0 Å². The van der Waals surface area contributed by atoms with E-state index in [0.717, 1.165) is 25.1 Å². The van der Waals surface area contributed by atoms with E-state index in [0.29, 0.717) is 6.54 Å². The Labute approximate surface area is 94.9 Å². The number of nitrogens with zero attached hydrogens (tertiary/aromatic N) is 3. The Balaban J connectivity index is 2.02. The van der Waals surface area contributed by atoms with E-state index in [4.69, 9.17) is 0 Å². The number of aromatic nitrogens is 2. The Morgan fingerprint density at radius 3 is 3.19 bits per heavy atom. The van der Waals surface area contributed by atoms with Crippen LogP contribution in [0, 0.1) is 0 Å². The van der Waals surface area contributed by atoms with Crippen LogP contribution in [0.25, 0.3) is 0 Å². The van der Waals surface area contributed by atoms with Gasteiger partial charge in [0.2, 0.25) is 5.91 Å². The quantitative estimate of drug-likeness (QED) is 0.790. The lowest BCUT2D eigenvalue weighted by molar-refractivity contribution is -0.136. The number of amides is 1. The highest BCUT2D eigenvalue weighted by molar-refractivity contribution is 5.82. The van der Waals surface area contributed by atoms with Gasteiger partial charge in [-0.05, 0) is 26.0 Å². The van der Waals surface area contributed by atoms with Crippen LogP contribution in [0.3, 0.4) is 0 Å². The highest BCUT2D eigenvalue weighted by Crippen LogP contribution is 2.13. The average molecular weight is 220 g/mol. The van der Waals surface area contributed by atoms with Gasteiger partial charge in [-0.3, -0.25) is 4.79 Å². The van der Waals surface area contributed by atoms with Gasteiger partial charge in [-0.1, -0.05) is 0 Å². The van der Waals surface area contributed by atoms with Gasteiger partial charge in [-0.15, -0.1) is 0 Å². The van der Waals surface area contributed by atoms with E-state index in [1.165, 1.54) is 6.33 Å². The molecule has 0 bridgehead atoms. The summed E-state index contributed by atoms with van der Waals surface area (Å²) in [4.78, 5) is 21.8. The SMILES string of the molecule is CNC1CCCN(Cc2ccncn2)C1=O. The van der Waals surface area contributed by atoms with Crippen molar-refractivity contribution in [3.63, 3.8) is 0 Å². The summed E-state index contributed by atoms with van der Waals surface area (Å²) >= 11 is 0. The Kier molecular flexibility index (Phi) is 3.46. The molecule has 1 amide bonds. The first kappa shape index (κ1) is 11.0. The second kappa shape index (κ2) is 5.03. The van der Waals surface area contributed by atoms with Gasteiger partial charge >= 0.3 is 0 Å². The fraction of sp³-hybridized carbons (Fsp3) is 0.545. The van der Waals surface area contributed by atoms with E-state index >= 15 is 0 Å². The lowest BCUT2D eigenvalue weighted by Gasteiger charge is -2.31. The third-order valence-corrected chi connectivity index (χ3v) is 2.88. The van der Waals surface area contributed by atoms with Crippen LogP contribution in [-0.4, -0.2) is 40.4 Å². The highest BCUT2D eigenvalue weighted by atomic mass is 16.2. The second-order valence-corrected chi connectivity index (χ2v) is 3.94. The summed E-state index contributed by atoms with van der Waals surface area (Å²) in [6, 6.07) is 1.81. The molecule has 1 N–H and O–H groups in total. The maximum Gasteiger partial charge on any atom is 0.240 e. The number of carbonyl (C=O) groups excluding carboxylic acids is 1. The van der Waals surface area contributed by atoms with Gasteiger partial charge in [-0.25, -0.2) is 9.97 Å². The van der Waals surface area contributed by atoms with Crippen LogP contribution < -0.4 is 5.32 Å². The van der Waals surface area contributed by atoms with Gasteiger partial charge in [0, 0.05) is 12.7 Å². The summed E-state index contributed by atoms with van der Waals surface area (Å²) in [6.45, 7) is 1.40. The van der Waals surface area contributed by atoms with Crippen LogP contribution in [0.4, 0.5) is 0 Å². The van der Waals surface area contributed by atoms with E-state index in [2.05, 4.69) is 15.3 Å². The summed E-state index contributed by atoms with van der Waals surface area (Å²) in [5.74, 6) is 0.173. The van der Waals surface area contributed by atoms with Gasteiger partial charge in [-0.2, -0.15) is 0 Å². The minimum Gasteiger partial charge on any atom is -0.335 e. The van der Waals surface area contributed by atoms with E-state index in [-0.39, 0.29) is 11.9 Å². The van der Waals surface area contributed by atoms with Crippen molar-refractivity contribution in [1.29, 1.82) is 0 Å². The minimum absolute atomic E-state index is 0.0319. The zero-order chi connectivity index (χ0) is 11.4. The molecule has 0 aromatic carbocycles. The molecule has 16 heavy (non-hydrogen) atoms. The van der Waals surface area contributed by atoms with Crippen molar-refractivity contribution in [3.8, 4) is 0 Å². The fourth-order valence-corrected chi connectivity index (χ4v) is 1.97. The van der Waals surface area contributed by atoms with Crippen molar-refractivity contribution in [2.24, 2.45) is 0 Å². The normalized spacial score (nSPS) is 21.2. The van der Waals surface area contributed by atoms with E-state index in [1.807, 2.05) is 18.0 Å². The standard InChI is InChI=1S/C11H16N4O/c1-12-10-3-2-6-15(11(10)16)7-9-4-5-13-8-14-9/h4-5,8,10,12H,2-3,6-7H2,1H3. The van der Waals surface area contributed by atoms with Crippen LogP contribution in [0.2, 0.25) is 0 Å². The van der Waals surface area contributed by atoms with Crippen molar-refractivity contribution in [2.45, 2.75) is 25.4 Å². The first-order valence-electron chi connectivity index (χ1n) is 5.52. The number of likely N-dealkylation sites (N-methyl/N-ethyl adjacent to an activating group) is 1. The number of rotatable bonds is 3. The fourth-order valence-electron chi connectivity index (χ4n) is 1.97. The smallest absolute Gasteiger partial charge is 0.240 e. The summed E-state index contributed by atoms with van der Waals surface area (Å²) in [5, 5.41) is 3.05. The molecule has 1 aliphatic heterocycles. The zero-order valence-electron chi connectivity index (χ0n) is 9.39. The van der Waals surface area contributed by atoms with E-state index in [1.54, 1.807) is 6.20 Å². The summed E-state index contributed by atoms with van der Waals surface area (Å²) in [5.41, 5.74) is 0.889. The molecule has 2 heterocycles. The van der Waals surface area contributed by atoms with Gasteiger partial charge in [0.15, 0.2) is 0 Å². The molecule has 0 aliphatic carbocycles. The number of nitrogens with one attached hydrogen (secondary N) is 1. The molecule has 5 heteroatoms. The number of hydrogen-bond donors (Lipinski definition) is 1. The molecule has 1 aliphatic rings. The third kappa shape index (κ3) is 2.36. The van der Waals surface area contributed by atoms with Crippen LogP contribution in [0.1, 0.15) is 18.5 Å². The first-order valence-corrected chi connectivity index (χ1v) is 5.52. The molecule has 1 unspecified atom stereocenters. The summed E-state index contributed by atoms with van der Waals surface area (Å²) < 4.78 is 0. The Morgan fingerprint density at radius 2 is 2.50 bits per heavy atom. The van der Waals surface area contributed by atoms with Crippen molar-refractivity contribution in [3.05, 3.63) is 24.3 Å². The number of carbonyl (C=O) groups is 1. The molecule has 1 fully saturated rings. The number of piperidine rings is 1. The predicted molar refractivity (Wildman–Crippen MR) is 59.5 cm³/mol. The Morgan fingerprint density at radius 1 is 1.62 bits per heavy atom. The van der Waals surface area contributed by atoms with Crippen molar-refractivity contribution < 1.29 is 4.79 Å². The molecule has 0 radical (unpaired) electrons. The lowest BCUT2D eigenvalue weighted by Crippen LogP contribution is -2.49. The van der Waals surface area contributed by atoms with Crippen LogP contribution in [-0.2, 0) is 11.3 Å².